The van der Waals surface area contributed by atoms with Crippen LogP contribution in [0.1, 0.15) is 186 Å². The molecule has 0 spiro atoms. The molecule has 11 nitrogen and oxygen atoms in total. The molecule has 10 rings (SSSR count). The van der Waals surface area contributed by atoms with Crippen LogP contribution in [0.2, 0.25) is 5.02 Å². The molecule has 0 atom stereocenters. The quantitative estimate of drug-likeness (QED) is 0.0917. The Morgan fingerprint density at radius 2 is 0.977 bits per heavy atom. The minimum Gasteiger partial charge on any atom is -0.294 e. The van der Waals surface area contributed by atoms with E-state index in [0.29, 0.717) is 40.2 Å². The van der Waals surface area contributed by atoms with Crippen LogP contribution in [0.5, 0.6) is 0 Å². The van der Waals surface area contributed by atoms with Gasteiger partial charge in [-0.05, 0) is 152 Å². The van der Waals surface area contributed by atoms with Gasteiger partial charge in [0.25, 0.3) is 0 Å². The summed E-state index contributed by atoms with van der Waals surface area (Å²) in [6.45, 7) is 26.0. The predicted octanol–water partition coefficient (Wildman–Crippen LogP) is 18.0. The van der Waals surface area contributed by atoms with Gasteiger partial charge in [-0.3, -0.25) is 29.5 Å². The van der Waals surface area contributed by atoms with Crippen molar-refractivity contribution in [3.63, 3.8) is 0 Å². The van der Waals surface area contributed by atoms with Gasteiger partial charge in [-0.2, -0.15) is 0 Å². The Kier molecular flexibility index (Phi) is 24.8. The van der Waals surface area contributed by atoms with E-state index >= 15 is 0 Å². The van der Waals surface area contributed by atoms with E-state index in [-0.39, 0.29) is 27.9 Å². The van der Waals surface area contributed by atoms with E-state index in [9.17, 15) is 22.4 Å². The summed E-state index contributed by atoms with van der Waals surface area (Å²) < 4.78 is 36.0. The van der Waals surface area contributed by atoms with Crippen molar-refractivity contribution in [1.29, 1.82) is 0 Å². The largest absolute Gasteiger partial charge is 0.294 e. The van der Waals surface area contributed by atoms with E-state index in [0.717, 1.165) is 73.2 Å². The minimum absolute atomic E-state index is 0.0261. The Balaban J connectivity index is 0.000000174. The Bertz CT molecular complexity index is 3870. The number of rotatable bonds is 12. The average Bonchev–Trinajstić information content (AvgIpc) is 2.56. The molecule has 1 fully saturated rings. The number of Topliss-reactive ketones (excluding diaryl/α,β-unsaturated/α-hetero) is 2. The summed E-state index contributed by atoms with van der Waals surface area (Å²) in [6, 6.07) is 42.5. The molecule has 87 heavy (non-hydrogen) atoms. The fourth-order valence-electron chi connectivity index (χ4n) is 9.17. The van der Waals surface area contributed by atoms with Gasteiger partial charge in [-0.1, -0.05) is 159 Å². The first kappa shape index (κ1) is 67.7. The maximum absolute atomic E-state index is 13.6. The van der Waals surface area contributed by atoms with Crippen LogP contribution >= 0.6 is 11.6 Å². The van der Waals surface area contributed by atoms with Crippen molar-refractivity contribution in [1.82, 2.24) is 29.9 Å². The number of nitrogens with zero attached hydrogens (tertiary/aromatic N) is 6. The number of sulfonamides is 1. The number of ketones is 2. The maximum atomic E-state index is 13.6. The van der Waals surface area contributed by atoms with Gasteiger partial charge >= 0.3 is 0 Å². The molecular weight excluding hydrogens is 1130 g/mol. The van der Waals surface area contributed by atoms with E-state index in [4.69, 9.17) is 16.7 Å². The molecule has 0 aliphatic heterocycles. The molecule has 5 aromatic heterocycles. The van der Waals surface area contributed by atoms with Gasteiger partial charge in [0.05, 0.1) is 44.0 Å². The van der Waals surface area contributed by atoms with Crippen LogP contribution in [-0.4, -0.2) is 49.9 Å². The van der Waals surface area contributed by atoms with E-state index in [1.165, 1.54) is 56.0 Å². The molecule has 9 aromatic rings. The maximum Gasteiger partial charge on any atom is 0.238 e. The van der Waals surface area contributed by atoms with Crippen LogP contribution in [0.3, 0.4) is 0 Å². The van der Waals surface area contributed by atoms with E-state index in [2.05, 4.69) is 136 Å². The SMILES string of the molecule is CC(=O)c1cc(-c2cccnc2C(C)C)ccc1Cl.CC(=O)c1cc(-c2cccnc2C(C)C)ccc1F.CC(C)c1ncccc1-c1ccc(S(N)(=O)=O)cc1.CC(C)c1ncccc1C#CC1CC1.Cc1ccccc1-c1ccnc(C(C)C)n1. The van der Waals surface area contributed by atoms with Gasteiger partial charge in [-0.15, -0.1) is 0 Å². The number of carbonyl (C=O) groups excluding carboxylic acids is 2. The summed E-state index contributed by atoms with van der Waals surface area (Å²) in [5, 5.41) is 5.58. The third-order valence-electron chi connectivity index (χ3n) is 13.9. The molecule has 0 unspecified atom stereocenters. The number of aryl methyl sites for hydroxylation is 1. The second-order valence-electron chi connectivity index (χ2n) is 22.7. The first-order valence-corrected chi connectivity index (χ1v) is 31.2. The van der Waals surface area contributed by atoms with E-state index in [1.54, 1.807) is 48.9 Å². The molecule has 14 heteroatoms. The van der Waals surface area contributed by atoms with Gasteiger partial charge in [0.1, 0.15) is 11.6 Å². The molecule has 0 radical (unpaired) electrons. The van der Waals surface area contributed by atoms with Gasteiger partial charge in [-0.25, -0.2) is 27.9 Å². The Labute approximate surface area is 519 Å². The van der Waals surface area contributed by atoms with Crippen molar-refractivity contribution >= 4 is 33.2 Å². The smallest absolute Gasteiger partial charge is 0.238 e. The molecule has 1 aliphatic carbocycles. The molecule has 1 saturated carbocycles. The summed E-state index contributed by atoms with van der Waals surface area (Å²) in [5.74, 6) is 9.03. The predicted molar refractivity (Wildman–Crippen MR) is 352 cm³/mol. The number of hydrogen-bond donors (Lipinski definition) is 1. The molecule has 450 valence electrons. The highest BCUT2D eigenvalue weighted by Crippen LogP contribution is 2.33. The zero-order chi connectivity index (χ0) is 63.5. The highest BCUT2D eigenvalue weighted by molar-refractivity contribution is 7.89. The number of aromatic nitrogens is 6. The van der Waals surface area contributed by atoms with Crippen LogP contribution < -0.4 is 5.14 Å². The summed E-state index contributed by atoms with van der Waals surface area (Å²) in [5.41, 5.74) is 15.1. The highest BCUT2D eigenvalue weighted by Gasteiger charge is 2.19. The minimum atomic E-state index is -3.64. The summed E-state index contributed by atoms with van der Waals surface area (Å²) in [4.78, 5) is 49.5. The molecule has 0 saturated heterocycles. The van der Waals surface area contributed by atoms with E-state index in [1.807, 2.05) is 85.2 Å². The molecule has 0 bridgehead atoms. The number of carbonyl (C=O) groups is 2. The van der Waals surface area contributed by atoms with Gasteiger partial charge in [0.15, 0.2) is 11.6 Å². The zero-order valence-corrected chi connectivity index (χ0v) is 53.7. The molecule has 2 N–H and O–H groups in total. The van der Waals surface area contributed by atoms with Crippen LogP contribution in [-0.2, 0) is 10.0 Å². The number of nitrogens with two attached hydrogens (primary N) is 1. The molecular formula is C73H79ClFN7O4S. The lowest BCUT2D eigenvalue weighted by Gasteiger charge is -2.12. The van der Waals surface area contributed by atoms with Gasteiger partial charge in [0, 0.05) is 76.2 Å². The van der Waals surface area contributed by atoms with Crippen LogP contribution in [0, 0.1) is 30.5 Å². The summed E-state index contributed by atoms with van der Waals surface area (Å²) in [7, 11) is -3.64. The number of primary sulfonamides is 1. The zero-order valence-electron chi connectivity index (χ0n) is 52.1. The van der Waals surface area contributed by atoms with Gasteiger partial charge < -0.3 is 0 Å². The van der Waals surface area contributed by atoms with Crippen LogP contribution in [0.4, 0.5) is 4.39 Å². The standard InChI is InChI=1S/C16H16ClNO.C16H16FNO.C14H16N2O2S.C14H16N2.C13H15N/c2*1-10(2)16-13(5-4-8-18-16)12-6-7-15(17)14(9-12)11(3)19;1-10(2)14-13(4-3-9-16-14)11-5-7-12(8-6-11)19(15,17)18;1-10(2)14-15-9-8-13(16-14)12-7-5-4-6-11(12)3;1-10(2)13-12(4-3-9-14-13)8-7-11-5-6-11/h2*4-10H,1-3H3;3-10H,1-2H3,(H2,15,17,18);4-10H,1-3H3;3-4,9-11H,5-6H2,1-2H3. The number of hydrogen-bond acceptors (Lipinski definition) is 10. The number of halogens is 2. The van der Waals surface area contributed by atoms with Crippen molar-refractivity contribution in [2.24, 2.45) is 11.1 Å². The fourth-order valence-corrected chi connectivity index (χ4v) is 9.93. The fraction of sp³-hybridized carbons (Fsp3) is 0.288. The van der Waals surface area contributed by atoms with Crippen molar-refractivity contribution < 1.29 is 22.4 Å². The third kappa shape index (κ3) is 19.5. The lowest BCUT2D eigenvalue weighted by Crippen LogP contribution is -2.11. The molecule has 1 aliphatic rings. The summed E-state index contributed by atoms with van der Waals surface area (Å²) >= 11 is 6.04. The third-order valence-corrected chi connectivity index (χ3v) is 15.2. The van der Waals surface area contributed by atoms with Gasteiger partial charge in [0.2, 0.25) is 10.0 Å². The van der Waals surface area contributed by atoms with Crippen LogP contribution in [0.15, 0.2) is 175 Å². The topological polar surface area (TPSA) is 172 Å². The summed E-state index contributed by atoms with van der Waals surface area (Å²) in [6.07, 6.45) is 11.5. The number of benzene rings is 4. The highest BCUT2D eigenvalue weighted by atomic mass is 35.5. The first-order valence-electron chi connectivity index (χ1n) is 29.3. The normalized spacial score (nSPS) is 11.7. The average molecular weight is 1200 g/mol. The Morgan fingerprint density at radius 1 is 0.529 bits per heavy atom. The molecule has 4 aromatic carbocycles. The van der Waals surface area contributed by atoms with Crippen molar-refractivity contribution in [3.8, 4) is 56.5 Å². The van der Waals surface area contributed by atoms with Crippen molar-refractivity contribution in [2.75, 3.05) is 0 Å². The lowest BCUT2D eigenvalue weighted by atomic mass is 9.96. The second-order valence-corrected chi connectivity index (χ2v) is 24.7. The van der Waals surface area contributed by atoms with Crippen molar-refractivity contribution in [2.45, 2.75) is 137 Å². The van der Waals surface area contributed by atoms with E-state index < -0.39 is 15.8 Å². The monoisotopic (exact) mass is 1200 g/mol. The second kappa shape index (κ2) is 31.8. The Hall–Kier alpha value is -8.41. The van der Waals surface area contributed by atoms with Crippen LogP contribution in [0.25, 0.3) is 44.6 Å². The molecule has 0 amide bonds. The Morgan fingerprint density at radius 3 is 1.45 bits per heavy atom. The molecule has 5 heterocycles. The van der Waals surface area contributed by atoms with Crippen molar-refractivity contribution in [3.05, 3.63) is 232 Å². The first-order chi connectivity index (χ1) is 41.4. The lowest BCUT2D eigenvalue weighted by molar-refractivity contribution is 0.100. The number of pyridine rings is 4.